The maximum atomic E-state index is 12.5. The van der Waals surface area contributed by atoms with E-state index in [1.54, 1.807) is 12.1 Å². The molecule has 0 radical (unpaired) electrons. The Morgan fingerprint density at radius 3 is 2.58 bits per heavy atom. The van der Waals surface area contributed by atoms with Crippen molar-refractivity contribution in [3.63, 3.8) is 0 Å². The van der Waals surface area contributed by atoms with Crippen LogP contribution in [-0.2, 0) is 12.8 Å². The van der Waals surface area contributed by atoms with Crippen LogP contribution in [0, 0.1) is 0 Å². The van der Waals surface area contributed by atoms with E-state index in [1.807, 2.05) is 24.3 Å². The normalized spacial score (nSPS) is 14.9. The summed E-state index contributed by atoms with van der Waals surface area (Å²) < 4.78 is 1.49. The van der Waals surface area contributed by atoms with Crippen molar-refractivity contribution in [1.29, 1.82) is 0 Å². The molecule has 1 amide bonds. The number of aromatic nitrogens is 5. The third-order valence-corrected chi connectivity index (χ3v) is 7.19. The lowest BCUT2D eigenvalue weighted by Crippen LogP contribution is -2.33. The van der Waals surface area contributed by atoms with Crippen LogP contribution < -0.4 is 16.4 Å². The zero-order valence-corrected chi connectivity index (χ0v) is 21.2. The second kappa shape index (κ2) is 10.6. The first kappa shape index (κ1) is 24.1. The number of benzene rings is 2. The average molecular weight is 510 g/mol. The lowest BCUT2D eigenvalue weighted by molar-refractivity contribution is 0.0950. The summed E-state index contributed by atoms with van der Waals surface area (Å²) in [4.78, 5) is 19.2. The smallest absolute Gasteiger partial charge is 0.251 e. The molecule has 1 fully saturated rings. The molecule has 0 saturated carbocycles. The fraction of sp³-hybridized carbons (Fsp3) is 0.321. The third-order valence-electron chi connectivity index (χ3n) is 7.19. The minimum Gasteiger partial charge on any atom is -0.368 e. The zero-order valence-electron chi connectivity index (χ0n) is 21.2. The van der Waals surface area contributed by atoms with E-state index < -0.39 is 0 Å². The molecule has 38 heavy (non-hydrogen) atoms. The van der Waals surface area contributed by atoms with Crippen LogP contribution in [0.2, 0.25) is 0 Å². The first-order valence-corrected chi connectivity index (χ1v) is 13.2. The molecule has 0 spiro atoms. The molecular formula is C28H31N9O. The first-order chi connectivity index (χ1) is 18.6. The fourth-order valence-corrected chi connectivity index (χ4v) is 5.19. The van der Waals surface area contributed by atoms with E-state index in [9.17, 15) is 4.79 Å². The van der Waals surface area contributed by atoms with Gasteiger partial charge in [0.05, 0.1) is 5.69 Å². The van der Waals surface area contributed by atoms with Gasteiger partial charge in [0.25, 0.3) is 5.91 Å². The van der Waals surface area contributed by atoms with Gasteiger partial charge in [-0.3, -0.25) is 4.79 Å². The van der Waals surface area contributed by atoms with Gasteiger partial charge >= 0.3 is 0 Å². The molecule has 1 aliphatic heterocycles. The van der Waals surface area contributed by atoms with Crippen molar-refractivity contribution in [2.75, 3.05) is 37.2 Å². The van der Waals surface area contributed by atoms with E-state index in [0.717, 1.165) is 61.4 Å². The summed E-state index contributed by atoms with van der Waals surface area (Å²) in [7, 11) is 0. The molecule has 10 nitrogen and oxygen atoms in total. The second-order valence-electron chi connectivity index (χ2n) is 9.80. The number of carbonyl (C=O) groups is 1. The van der Waals surface area contributed by atoms with Crippen LogP contribution in [0.3, 0.4) is 0 Å². The molecule has 4 N–H and O–H groups in total. The molecule has 6 rings (SSSR count). The summed E-state index contributed by atoms with van der Waals surface area (Å²) in [5, 5.41) is 19.6. The number of hydrogen-bond donors (Lipinski definition) is 3. The van der Waals surface area contributed by atoms with Gasteiger partial charge in [0, 0.05) is 29.9 Å². The van der Waals surface area contributed by atoms with E-state index >= 15 is 0 Å². The van der Waals surface area contributed by atoms with Crippen molar-refractivity contribution in [3.8, 4) is 17.1 Å². The summed E-state index contributed by atoms with van der Waals surface area (Å²) in [5.74, 6) is 1.01. The second-order valence-corrected chi connectivity index (χ2v) is 9.80. The number of hydrogen-bond acceptors (Lipinski definition) is 8. The lowest BCUT2D eigenvalue weighted by Gasteiger charge is -2.14. The number of nitrogen functional groups attached to an aromatic ring is 1. The number of likely N-dealkylation sites (tertiary alicyclic amines) is 1. The summed E-state index contributed by atoms with van der Waals surface area (Å²) in [5.41, 5.74) is 12.0. The van der Waals surface area contributed by atoms with Crippen molar-refractivity contribution in [1.82, 2.24) is 35.2 Å². The van der Waals surface area contributed by atoms with E-state index in [-0.39, 0.29) is 11.9 Å². The molecule has 0 unspecified atom stereocenters. The van der Waals surface area contributed by atoms with Crippen LogP contribution in [0.4, 0.5) is 17.6 Å². The van der Waals surface area contributed by atoms with E-state index in [0.29, 0.717) is 23.9 Å². The quantitative estimate of drug-likeness (QED) is 0.346. The van der Waals surface area contributed by atoms with Gasteiger partial charge in [-0.05, 0) is 86.7 Å². The predicted octanol–water partition coefficient (Wildman–Crippen LogP) is 3.36. The molecule has 194 valence electrons. The number of nitrogens with one attached hydrogen (secondary N) is 2. The third kappa shape index (κ3) is 5.08. The first-order valence-electron chi connectivity index (χ1n) is 13.2. The molecule has 1 aliphatic carbocycles. The highest BCUT2D eigenvalue weighted by Crippen LogP contribution is 2.31. The SMILES string of the molecule is Nc1nc(Nc2ccc(C(=O)NCCN3CCCC3)cc2)nn1-c1cc2c(nn1)-c1ccccc1CCC2. The Morgan fingerprint density at radius 1 is 0.947 bits per heavy atom. The molecule has 1 saturated heterocycles. The zero-order chi connectivity index (χ0) is 25.9. The van der Waals surface area contributed by atoms with Crippen LogP contribution in [0.1, 0.15) is 40.7 Å². The Kier molecular flexibility index (Phi) is 6.70. The monoisotopic (exact) mass is 509 g/mol. The summed E-state index contributed by atoms with van der Waals surface area (Å²) in [6.45, 7) is 3.79. The largest absolute Gasteiger partial charge is 0.368 e. The molecule has 2 aromatic heterocycles. The van der Waals surface area contributed by atoms with Crippen LogP contribution in [-0.4, -0.2) is 61.9 Å². The Balaban J connectivity index is 1.13. The van der Waals surface area contributed by atoms with Crippen LogP contribution in [0.15, 0.2) is 54.6 Å². The maximum Gasteiger partial charge on any atom is 0.251 e. The Morgan fingerprint density at radius 2 is 1.74 bits per heavy atom. The topological polar surface area (TPSA) is 127 Å². The van der Waals surface area contributed by atoms with E-state index in [2.05, 4.69) is 54.0 Å². The number of amides is 1. The number of nitrogens with zero attached hydrogens (tertiary/aromatic N) is 6. The maximum absolute atomic E-state index is 12.5. The van der Waals surface area contributed by atoms with Gasteiger partial charge in [0.2, 0.25) is 11.9 Å². The number of aryl methyl sites for hydroxylation is 2. The molecule has 2 aliphatic rings. The van der Waals surface area contributed by atoms with Gasteiger partial charge in [-0.25, -0.2) is 0 Å². The van der Waals surface area contributed by atoms with Crippen molar-refractivity contribution in [2.24, 2.45) is 0 Å². The van der Waals surface area contributed by atoms with Crippen molar-refractivity contribution in [2.45, 2.75) is 32.1 Å². The van der Waals surface area contributed by atoms with E-state index in [1.165, 1.54) is 23.1 Å². The van der Waals surface area contributed by atoms with Crippen LogP contribution >= 0.6 is 0 Å². The molecule has 4 aromatic rings. The Hall–Kier alpha value is -4.31. The molecular weight excluding hydrogens is 478 g/mol. The molecule has 3 heterocycles. The van der Waals surface area contributed by atoms with E-state index in [4.69, 9.17) is 5.73 Å². The number of carbonyl (C=O) groups excluding carboxylic acids is 1. The van der Waals surface area contributed by atoms with Gasteiger partial charge in [-0.15, -0.1) is 15.3 Å². The number of rotatable bonds is 7. The van der Waals surface area contributed by atoms with Crippen LogP contribution in [0.25, 0.3) is 17.1 Å². The molecule has 0 bridgehead atoms. The van der Waals surface area contributed by atoms with Crippen molar-refractivity contribution in [3.05, 3.63) is 71.3 Å². The minimum atomic E-state index is -0.0770. The van der Waals surface area contributed by atoms with Crippen molar-refractivity contribution >= 4 is 23.5 Å². The number of nitrogens with two attached hydrogens (primary N) is 1. The van der Waals surface area contributed by atoms with Gasteiger partial charge in [0.1, 0.15) is 0 Å². The summed E-state index contributed by atoms with van der Waals surface area (Å²) in [6.07, 6.45) is 5.46. The van der Waals surface area contributed by atoms with Crippen LogP contribution in [0.5, 0.6) is 0 Å². The highest BCUT2D eigenvalue weighted by atomic mass is 16.1. The number of anilines is 3. The van der Waals surface area contributed by atoms with Gasteiger partial charge in [0.15, 0.2) is 5.82 Å². The minimum absolute atomic E-state index is 0.0770. The summed E-state index contributed by atoms with van der Waals surface area (Å²) >= 11 is 0. The Bertz CT molecular complexity index is 1440. The summed E-state index contributed by atoms with van der Waals surface area (Å²) in [6, 6.07) is 17.6. The highest BCUT2D eigenvalue weighted by molar-refractivity contribution is 5.94. The Labute approximate surface area is 221 Å². The highest BCUT2D eigenvalue weighted by Gasteiger charge is 2.19. The lowest BCUT2D eigenvalue weighted by atomic mass is 10.0. The standard InChI is InChI=1S/C28H31N9O/c29-27-32-28(31-22-12-10-20(11-13-22)26(38)30-14-17-36-15-3-4-16-36)35-37(27)24-18-21-8-5-7-19-6-1-2-9-23(19)25(21)34-33-24/h1-2,6,9-13,18H,3-5,7-8,14-17H2,(H,30,38)(H3,29,31,32,35). The average Bonchev–Trinajstić information content (AvgIpc) is 3.54. The van der Waals surface area contributed by atoms with Gasteiger partial charge in [-0.2, -0.15) is 9.67 Å². The molecule has 0 atom stereocenters. The predicted molar refractivity (Wildman–Crippen MR) is 147 cm³/mol. The van der Waals surface area contributed by atoms with Gasteiger partial charge < -0.3 is 21.3 Å². The van der Waals surface area contributed by atoms with Gasteiger partial charge in [-0.1, -0.05) is 24.3 Å². The fourth-order valence-electron chi connectivity index (χ4n) is 5.19. The number of fused-ring (bicyclic) bond motifs is 3. The molecule has 2 aromatic carbocycles. The molecule has 10 heteroatoms. The van der Waals surface area contributed by atoms with Crippen molar-refractivity contribution < 1.29 is 4.79 Å².